The van der Waals surface area contributed by atoms with Crippen molar-refractivity contribution >= 4 is 45.3 Å². The Morgan fingerprint density at radius 2 is 2.26 bits per heavy atom. The van der Waals surface area contributed by atoms with Crippen molar-refractivity contribution in [2.45, 2.75) is 12.8 Å². The Labute approximate surface area is 143 Å². The molecular weight excluding hydrogens is 358 g/mol. The number of hydrogen-bond donors (Lipinski definition) is 4. The lowest BCUT2D eigenvalue weighted by Crippen LogP contribution is -2.23. The number of aromatic amines is 2. The van der Waals surface area contributed by atoms with Crippen LogP contribution in [-0.4, -0.2) is 42.3 Å². The highest BCUT2D eigenvalue weighted by molar-refractivity contribution is 7.99. The van der Waals surface area contributed by atoms with Crippen LogP contribution in [0.25, 0.3) is 0 Å². The van der Waals surface area contributed by atoms with E-state index in [1.54, 1.807) is 11.8 Å². The molecule has 0 aromatic carbocycles. The Kier molecular flexibility index (Phi) is 6.83. The van der Waals surface area contributed by atoms with E-state index in [2.05, 4.69) is 23.7 Å². The molecule has 1 atom stereocenters. The topological polar surface area (TPSA) is 161 Å². The highest BCUT2D eigenvalue weighted by atomic mass is 32.2. The van der Waals surface area contributed by atoms with E-state index in [-0.39, 0.29) is 11.4 Å². The summed E-state index contributed by atoms with van der Waals surface area (Å²) in [5.41, 5.74) is 11.3. The predicted molar refractivity (Wildman–Crippen MR) is 93.7 cm³/mol. The molecule has 9 nitrogen and oxygen atoms in total. The lowest BCUT2D eigenvalue weighted by Gasteiger charge is -1.98. The van der Waals surface area contributed by atoms with Crippen LogP contribution < -0.4 is 22.5 Å². The van der Waals surface area contributed by atoms with Crippen LogP contribution in [0.5, 0.6) is 0 Å². The number of aromatic nitrogens is 3. The van der Waals surface area contributed by atoms with E-state index in [0.29, 0.717) is 11.7 Å². The fourth-order valence-corrected chi connectivity index (χ4v) is 3.81. The fraction of sp³-hybridized carbons (Fsp3) is 0.455. The molecule has 0 spiro atoms. The lowest BCUT2D eigenvalue weighted by molar-refractivity contribution is 0.584. The van der Waals surface area contributed by atoms with Gasteiger partial charge in [-0.3, -0.25) is 9.79 Å². The molecule has 0 saturated heterocycles. The first-order valence-corrected chi connectivity index (χ1v) is 9.88. The van der Waals surface area contributed by atoms with Gasteiger partial charge in [-0.1, -0.05) is 0 Å². The first-order valence-electron chi connectivity index (χ1n) is 6.70. The Morgan fingerprint density at radius 1 is 1.43 bits per heavy atom. The zero-order chi connectivity index (χ0) is 16.7. The molecule has 0 amide bonds. The summed E-state index contributed by atoms with van der Waals surface area (Å²) in [7, 11) is 0. The van der Waals surface area contributed by atoms with Crippen LogP contribution in [0.1, 0.15) is 12.1 Å². The van der Waals surface area contributed by atoms with Gasteiger partial charge in [-0.05, 0) is 18.6 Å². The number of thiazole rings is 1. The van der Waals surface area contributed by atoms with Crippen LogP contribution in [0, 0.1) is 0 Å². The van der Waals surface area contributed by atoms with Gasteiger partial charge in [0.2, 0.25) is 10.6 Å². The number of nitrogens with zero attached hydrogens (tertiary/aromatic N) is 3. The van der Waals surface area contributed by atoms with Gasteiger partial charge in [0.15, 0.2) is 5.96 Å². The molecule has 6 N–H and O–H groups in total. The SMILES string of the molecule is NC(N)=Nc1nc(CCCSCCN=c2[nH][s+]([O-])[nH]c2=O)cs1. The van der Waals surface area contributed by atoms with Crippen molar-refractivity contribution in [2.75, 3.05) is 18.1 Å². The molecule has 2 rings (SSSR count). The average molecular weight is 376 g/mol. The number of hydrogen-bond acceptors (Lipinski definition) is 7. The second-order valence-electron chi connectivity index (χ2n) is 4.41. The molecule has 2 aromatic heterocycles. The van der Waals surface area contributed by atoms with Crippen molar-refractivity contribution in [1.29, 1.82) is 0 Å². The van der Waals surface area contributed by atoms with Crippen molar-refractivity contribution in [3.05, 3.63) is 26.9 Å². The van der Waals surface area contributed by atoms with Gasteiger partial charge in [-0.2, -0.15) is 16.8 Å². The molecule has 0 saturated carbocycles. The molecule has 0 fully saturated rings. The highest BCUT2D eigenvalue weighted by Crippen LogP contribution is 2.19. The molecule has 0 aliphatic rings. The van der Waals surface area contributed by atoms with E-state index in [1.165, 1.54) is 11.3 Å². The Morgan fingerprint density at radius 3 is 2.96 bits per heavy atom. The van der Waals surface area contributed by atoms with Gasteiger partial charge in [0, 0.05) is 11.1 Å². The summed E-state index contributed by atoms with van der Waals surface area (Å²) < 4.78 is 15.7. The fourth-order valence-electron chi connectivity index (χ4n) is 1.65. The summed E-state index contributed by atoms with van der Waals surface area (Å²) in [4.78, 5) is 23.5. The quantitative estimate of drug-likeness (QED) is 0.221. The van der Waals surface area contributed by atoms with E-state index < -0.39 is 16.7 Å². The van der Waals surface area contributed by atoms with Crippen LogP contribution >= 0.6 is 34.2 Å². The molecule has 0 aliphatic carbocycles. The second-order valence-corrected chi connectivity index (χ2v) is 7.41. The Balaban J connectivity index is 1.64. The van der Waals surface area contributed by atoms with E-state index in [1.807, 2.05) is 5.38 Å². The normalized spacial score (nSPS) is 12.6. The van der Waals surface area contributed by atoms with Crippen molar-refractivity contribution in [3.8, 4) is 0 Å². The molecule has 2 heterocycles. The van der Waals surface area contributed by atoms with Crippen molar-refractivity contribution in [1.82, 2.24) is 13.7 Å². The highest BCUT2D eigenvalue weighted by Gasteiger charge is 2.02. The summed E-state index contributed by atoms with van der Waals surface area (Å²) in [6.07, 6.45) is 1.84. The Hall–Kier alpha value is -1.63. The zero-order valence-corrected chi connectivity index (χ0v) is 14.6. The lowest BCUT2D eigenvalue weighted by atomic mass is 10.3. The third-order valence-corrected chi connectivity index (χ3v) is 5.16. The number of thioether (sulfide) groups is 1. The maximum atomic E-state index is 11.2. The number of H-pyrrole nitrogens is 2. The monoisotopic (exact) mass is 375 g/mol. The van der Waals surface area contributed by atoms with Gasteiger partial charge in [0.1, 0.15) is 11.1 Å². The smallest absolute Gasteiger partial charge is 0.337 e. The maximum Gasteiger partial charge on any atom is 0.337 e. The number of guanidine groups is 1. The largest absolute Gasteiger partial charge is 0.549 e. The van der Waals surface area contributed by atoms with Gasteiger partial charge in [0.25, 0.3) is 0 Å². The third-order valence-electron chi connectivity index (χ3n) is 2.58. The maximum absolute atomic E-state index is 11.2. The van der Waals surface area contributed by atoms with E-state index in [4.69, 9.17) is 11.5 Å². The van der Waals surface area contributed by atoms with E-state index >= 15 is 0 Å². The van der Waals surface area contributed by atoms with Gasteiger partial charge in [-0.15, -0.1) is 20.1 Å². The number of nitrogens with one attached hydrogen (secondary N) is 2. The molecule has 1 unspecified atom stereocenters. The van der Waals surface area contributed by atoms with Crippen LogP contribution in [0.15, 0.2) is 20.2 Å². The molecule has 0 bridgehead atoms. The summed E-state index contributed by atoms with van der Waals surface area (Å²) in [6.45, 7) is 0.503. The summed E-state index contributed by atoms with van der Waals surface area (Å²) in [5.74, 6) is 1.77. The summed E-state index contributed by atoms with van der Waals surface area (Å²) in [5, 5.41) is 2.52. The van der Waals surface area contributed by atoms with Crippen LogP contribution in [0.4, 0.5) is 5.13 Å². The van der Waals surface area contributed by atoms with Crippen molar-refractivity contribution in [2.24, 2.45) is 21.5 Å². The van der Waals surface area contributed by atoms with Crippen LogP contribution in [0.2, 0.25) is 0 Å². The van der Waals surface area contributed by atoms with E-state index in [0.717, 1.165) is 30.0 Å². The van der Waals surface area contributed by atoms with Crippen LogP contribution in [0.3, 0.4) is 0 Å². The first kappa shape index (κ1) is 17.7. The second kappa shape index (κ2) is 8.86. The molecule has 0 radical (unpaired) electrons. The first-order chi connectivity index (χ1) is 11.0. The minimum Gasteiger partial charge on any atom is -0.549 e. The average Bonchev–Trinajstić information content (AvgIpc) is 3.03. The van der Waals surface area contributed by atoms with Crippen molar-refractivity contribution < 1.29 is 4.55 Å². The van der Waals surface area contributed by atoms with Crippen LogP contribution in [-0.2, 0) is 6.42 Å². The minimum atomic E-state index is -1.53. The molecule has 23 heavy (non-hydrogen) atoms. The summed E-state index contributed by atoms with van der Waals surface area (Å²) in [6, 6.07) is 0. The molecule has 12 heteroatoms. The van der Waals surface area contributed by atoms with Gasteiger partial charge in [0.05, 0.1) is 12.2 Å². The Bertz CT molecular complexity index is 769. The molecular formula is C11H17N7O2S3. The summed E-state index contributed by atoms with van der Waals surface area (Å²) >= 11 is 1.62. The number of nitrogens with two attached hydrogens (primary N) is 2. The minimum absolute atomic E-state index is 0.0114. The molecule has 0 aliphatic heterocycles. The molecule has 126 valence electrons. The van der Waals surface area contributed by atoms with Gasteiger partial charge < -0.3 is 16.0 Å². The van der Waals surface area contributed by atoms with Gasteiger partial charge in [-0.25, -0.2) is 4.98 Å². The number of aliphatic imine (C=N–C) groups is 1. The van der Waals surface area contributed by atoms with Crippen molar-refractivity contribution in [3.63, 3.8) is 0 Å². The predicted octanol–water partition coefficient (Wildman–Crippen LogP) is 0.0587. The molecule has 2 aromatic rings. The third kappa shape index (κ3) is 6.17. The number of aryl methyl sites for hydroxylation is 1. The standard InChI is InChI=1S/C11H17N7O2S3/c12-10(13)16-11-15-7(6-22-11)2-1-4-21-5-3-14-8-9(19)18-23(20)17-8/h6H,1-5H2,(H,14,17)(H,18,19)(H4,12,13,15,16). The van der Waals surface area contributed by atoms with E-state index in [9.17, 15) is 9.35 Å². The number of rotatable bonds is 8. The zero-order valence-electron chi connectivity index (χ0n) is 12.2. The van der Waals surface area contributed by atoms with Gasteiger partial charge >= 0.3 is 5.56 Å².